The predicted molar refractivity (Wildman–Crippen MR) is 60.9 cm³/mol. The van der Waals surface area contributed by atoms with Crippen LogP contribution in [0.3, 0.4) is 0 Å². The number of carbonyl (C=O) groups is 3. The van der Waals surface area contributed by atoms with Crippen molar-refractivity contribution in [3.05, 3.63) is 0 Å². The molecule has 0 saturated heterocycles. The van der Waals surface area contributed by atoms with E-state index in [9.17, 15) is 14.4 Å². The molecule has 1 aliphatic rings. The number of hydrogen-bond acceptors (Lipinski definition) is 6. The van der Waals surface area contributed by atoms with Gasteiger partial charge in [0.1, 0.15) is 0 Å². The molecule has 0 bridgehead atoms. The second-order valence-corrected chi connectivity index (χ2v) is 3.98. The summed E-state index contributed by atoms with van der Waals surface area (Å²) in [4.78, 5) is 34.3. The summed E-state index contributed by atoms with van der Waals surface area (Å²) in [6.07, 6.45) is -0.933. The number of carbonyl (C=O) groups excluding carboxylic acids is 3. The molecule has 0 radical (unpaired) electrons. The Labute approximate surface area is 106 Å². The zero-order chi connectivity index (χ0) is 13.5. The third-order valence-electron chi connectivity index (χ3n) is 2.72. The van der Waals surface area contributed by atoms with Gasteiger partial charge < -0.3 is 14.2 Å². The van der Waals surface area contributed by atoms with E-state index in [1.54, 1.807) is 13.8 Å². The maximum absolute atomic E-state index is 11.6. The normalized spacial score (nSPS) is 23.3. The van der Waals surface area contributed by atoms with Gasteiger partial charge in [0, 0.05) is 12.8 Å². The van der Waals surface area contributed by atoms with Crippen molar-refractivity contribution in [3.8, 4) is 0 Å². The zero-order valence-corrected chi connectivity index (χ0v) is 10.6. The lowest BCUT2D eigenvalue weighted by molar-refractivity contribution is -0.152. The molecule has 1 fully saturated rings. The van der Waals surface area contributed by atoms with E-state index in [2.05, 4.69) is 4.74 Å². The number of ketones is 1. The first-order valence-electron chi connectivity index (χ1n) is 6.11. The van der Waals surface area contributed by atoms with Crippen molar-refractivity contribution in [2.45, 2.75) is 39.2 Å². The largest absolute Gasteiger partial charge is 0.508 e. The molecule has 2 unspecified atom stereocenters. The van der Waals surface area contributed by atoms with E-state index in [0.29, 0.717) is 13.0 Å². The van der Waals surface area contributed by atoms with Crippen molar-refractivity contribution in [1.29, 1.82) is 0 Å². The number of rotatable bonds is 4. The molecule has 18 heavy (non-hydrogen) atoms. The maximum atomic E-state index is 11.6. The highest BCUT2D eigenvalue weighted by Crippen LogP contribution is 2.25. The molecule has 0 heterocycles. The zero-order valence-electron chi connectivity index (χ0n) is 10.6. The fourth-order valence-electron chi connectivity index (χ4n) is 1.84. The quantitative estimate of drug-likeness (QED) is 0.710. The van der Waals surface area contributed by atoms with Crippen LogP contribution in [-0.4, -0.2) is 37.2 Å². The van der Waals surface area contributed by atoms with Gasteiger partial charge in [-0.15, -0.1) is 0 Å². The Balaban J connectivity index is 2.53. The molecule has 102 valence electrons. The van der Waals surface area contributed by atoms with Crippen LogP contribution >= 0.6 is 0 Å². The molecule has 6 nitrogen and oxygen atoms in total. The van der Waals surface area contributed by atoms with E-state index in [1.807, 2.05) is 0 Å². The SMILES string of the molecule is CCOC(=O)OC1CC(C(=O)OCC)CCC1=O. The van der Waals surface area contributed by atoms with Crippen LogP contribution in [0.1, 0.15) is 33.1 Å². The number of esters is 1. The minimum absolute atomic E-state index is 0.177. The molecule has 0 aromatic rings. The molecule has 1 saturated carbocycles. The van der Waals surface area contributed by atoms with Gasteiger partial charge in [-0.25, -0.2) is 4.79 Å². The molecule has 0 spiro atoms. The van der Waals surface area contributed by atoms with Crippen molar-refractivity contribution >= 4 is 17.9 Å². The average Bonchev–Trinajstić information content (AvgIpc) is 2.32. The van der Waals surface area contributed by atoms with Gasteiger partial charge in [-0.05, 0) is 20.3 Å². The first-order chi connectivity index (χ1) is 8.58. The lowest BCUT2D eigenvalue weighted by atomic mass is 9.86. The van der Waals surface area contributed by atoms with Crippen molar-refractivity contribution < 1.29 is 28.6 Å². The van der Waals surface area contributed by atoms with Crippen LogP contribution in [-0.2, 0) is 23.8 Å². The fourth-order valence-corrected chi connectivity index (χ4v) is 1.84. The summed E-state index contributed by atoms with van der Waals surface area (Å²) in [6.45, 7) is 3.84. The number of Topliss-reactive ketones (excluding diaryl/α,β-unsaturated/α-hetero) is 1. The summed E-state index contributed by atoms with van der Waals surface area (Å²) in [5.41, 5.74) is 0. The van der Waals surface area contributed by atoms with Crippen molar-refractivity contribution in [2.75, 3.05) is 13.2 Å². The maximum Gasteiger partial charge on any atom is 0.508 e. The van der Waals surface area contributed by atoms with Crippen LogP contribution in [0.15, 0.2) is 0 Å². The van der Waals surface area contributed by atoms with Crippen LogP contribution in [0.4, 0.5) is 4.79 Å². The molecule has 1 aliphatic carbocycles. The highest BCUT2D eigenvalue weighted by atomic mass is 16.7. The Hall–Kier alpha value is -1.59. The summed E-state index contributed by atoms with van der Waals surface area (Å²) in [6, 6.07) is 0. The van der Waals surface area contributed by atoms with Crippen molar-refractivity contribution in [1.82, 2.24) is 0 Å². The van der Waals surface area contributed by atoms with Crippen LogP contribution in [0.25, 0.3) is 0 Å². The lowest BCUT2D eigenvalue weighted by Crippen LogP contribution is -2.37. The Morgan fingerprint density at radius 1 is 1.22 bits per heavy atom. The van der Waals surface area contributed by atoms with E-state index in [0.717, 1.165) is 0 Å². The molecule has 1 rings (SSSR count). The fraction of sp³-hybridized carbons (Fsp3) is 0.750. The third kappa shape index (κ3) is 4.01. The second-order valence-electron chi connectivity index (χ2n) is 3.98. The Morgan fingerprint density at radius 3 is 2.50 bits per heavy atom. The first kappa shape index (κ1) is 14.5. The van der Waals surface area contributed by atoms with Crippen LogP contribution < -0.4 is 0 Å². The molecular formula is C12H18O6. The average molecular weight is 258 g/mol. The minimum Gasteiger partial charge on any atom is -0.466 e. The van der Waals surface area contributed by atoms with E-state index in [-0.39, 0.29) is 37.1 Å². The topological polar surface area (TPSA) is 78.9 Å². The highest BCUT2D eigenvalue weighted by molar-refractivity contribution is 5.87. The van der Waals surface area contributed by atoms with Gasteiger partial charge in [0.15, 0.2) is 11.9 Å². The van der Waals surface area contributed by atoms with Crippen LogP contribution in [0, 0.1) is 5.92 Å². The van der Waals surface area contributed by atoms with Gasteiger partial charge in [-0.3, -0.25) is 9.59 Å². The summed E-state index contributed by atoms with van der Waals surface area (Å²) in [5, 5.41) is 0. The summed E-state index contributed by atoms with van der Waals surface area (Å²) in [5.74, 6) is -0.909. The minimum atomic E-state index is -0.896. The van der Waals surface area contributed by atoms with Crippen LogP contribution in [0.2, 0.25) is 0 Å². The Morgan fingerprint density at radius 2 is 1.89 bits per heavy atom. The number of hydrogen-bond donors (Lipinski definition) is 0. The molecule has 0 aromatic heterocycles. The van der Waals surface area contributed by atoms with Gasteiger partial charge in [-0.1, -0.05) is 0 Å². The van der Waals surface area contributed by atoms with Gasteiger partial charge >= 0.3 is 12.1 Å². The molecule has 2 atom stereocenters. The third-order valence-corrected chi connectivity index (χ3v) is 2.72. The molecule has 0 N–H and O–H groups in total. The monoisotopic (exact) mass is 258 g/mol. The molecule has 0 aromatic carbocycles. The van der Waals surface area contributed by atoms with E-state index in [4.69, 9.17) is 9.47 Å². The first-order valence-corrected chi connectivity index (χ1v) is 6.11. The van der Waals surface area contributed by atoms with E-state index >= 15 is 0 Å². The summed E-state index contributed by atoms with van der Waals surface area (Å²) >= 11 is 0. The van der Waals surface area contributed by atoms with Crippen molar-refractivity contribution in [3.63, 3.8) is 0 Å². The molecule has 6 heteroatoms. The summed E-state index contributed by atoms with van der Waals surface area (Å²) in [7, 11) is 0. The molecule has 0 amide bonds. The number of ether oxygens (including phenoxy) is 3. The highest BCUT2D eigenvalue weighted by Gasteiger charge is 2.36. The lowest BCUT2D eigenvalue weighted by Gasteiger charge is -2.25. The standard InChI is InChI=1S/C12H18O6/c1-3-16-11(14)8-5-6-9(13)10(7-8)18-12(15)17-4-2/h8,10H,3-7H2,1-2H3. The van der Waals surface area contributed by atoms with Crippen molar-refractivity contribution in [2.24, 2.45) is 5.92 Å². The van der Waals surface area contributed by atoms with Gasteiger partial charge in [-0.2, -0.15) is 0 Å². The van der Waals surface area contributed by atoms with E-state index < -0.39 is 12.3 Å². The Kier molecular flexibility index (Phi) is 5.61. The summed E-state index contributed by atoms with van der Waals surface area (Å²) < 4.78 is 14.4. The van der Waals surface area contributed by atoms with Gasteiger partial charge in [0.05, 0.1) is 19.1 Å². The van der Waals surface area contributed by atoms with Gasteiger partial charge in [0.25, 0.3) is 0 Å². The molecular weight excluding hydrogens is 240 g/mol. The smallest absolute Gasteiger partial charge is 0.466 e. The molecule has 0 aliphatic heterocycles. The predicted octanol–water partition coefficient (Wildman–Crippen LogP) is 1.46. The second kappa shape index (κ2) is 6.98. The van der Waals surface area contributed by atoms with Crippen LogP contribution in [0.5, 0.6) is 0 Å². The Bertz CT molecular complexity index is 325. The van der Waals surface area contributed by atoms with Gasteiger partial charge in [0.2, 0.25) is 0 Å². The van der Waals surface area contributed by atoms with E-state index in [1.165, 1.54) is 0 Å².